The topological polar surface area (TPSA) is 46.5 Å². The summed E-state index contributed by atoms with van der Waals surface area (Å²) in [5.41, 5.74) is 0. The monoisotopic (exact) mass is 342 g/mol. The summed E-state index contributed by atoms with van der Waals surface area (Å²) in [6, 6.07) is 0. The number of rotatable bonds is 19. The van der Waals surface area contributed by atoms with E-state index in [0.29, 0.717) is 25.9 Å². The second-order valence-electron chi connectivity index (χ2n) is 7.18. The molecule has 0 amide bonds. The quantitative estimate of drug-likeness (QED) is 0.301. The molecule has 0 rings (SSSR count). The number of hydrogen-bond acceptors (Lipinski definition) is 3. The fourth-order valence-corrected chi connectivity index (χ4v) is 3.07. The van der Waals surface area contributed by atoms with E-state index in [1.807, 2.05) is 0 Å². The molecular formula is C21H42O3. The first kappa shape index (κ1) is 23.6. The Morgan fingerprint density at radius 2 is 1.25 bits per heavy atom. The minimum absolute atomic E-state index is 0.285. The second kappa shape index (κ2) is 18.9. The van der Waals surface area contributed by atoms with E-state index in [-0.39, 0.29) is 5.78 Å². The van der Waals surface area contributed by atoms with Crippen LogP contribution in [0.15, 0.2) is 0 Å². The molecule has 0 bridgehead atoms. The molecule has 0 heterocycles. The molecule has 0 aromatic rings. The van der Waals surface area contributed by atoms with Gasteiger partial charge in [0.1, 0.15) is 5.78 Å². The van der Waals surface area contributed by atoms with E-state index < -0.39 is 6.10 Å². The average Bonchev–Trinajstić information content (AvgIpc) is 2.57. The predicted molar refractivity (Wildman–Crippen MR) is 102 cm³/mol. The zero-order valence-corrected chi connectivity index (χ0v) is 16.4. The number of carbonyl (C=O) groups excluding carboxylic acids is 1. The van der Waals surface area contributed by atoms with Crippen LogP contribution in [-0.4, -0.2) is 30.7 Å². The lowest BCUT2D eigenvalue weighted by atomic mass is 10.0. The van der Waals surface area contributed by atoms with Crippen molar-refractivity contribution in [1.29, 1.82) is 0 Å². The molecule has 24 heavy (non-hydrogen) atoms. The van der Waals surface area contributed by atoms with Gasteiger partial charge in [-0.15, -0.1) is 0 Å². The normalized spacial score (nSPS) is 12.5. The van der Waals surface area contributed by atoms with Crippen LogP contribution in [0.2, 0.25) is 0 Å². The molecule has 1 atom stereocenters. The van der Waals surface area contributed by atoms with Crippen molar-refractivity contribution in [1.82, 2.24) is 0 Å². The van der Waals surface area contributed by atoms with E-state index in [0.717, 1.165) is 6.42 Å². The third kappa shape index (κ3) is 17.9. The zero-order valence-electron chi connectivity index (χ0n) is 16.4. The molecule has 0 saturated heterocycles. The van der Waals surface area contributed by atoms with Gasteiger partial charge in [-0.25, -0.2) is 0 Å². The molecule has 0 spiro atoms. The van der Waals surface area contributed by atoms with E-state index in [1.54, 1.807) is 7.11 Å². The zero-order chi connectivity index (χ0) is 17.9. The molecule has 0 radical (unpaired) electrons. The molecule has 0 aliphatic carbocycles. The largest absolute Gasteiger partial charge is 0.391 e. The highest BCUT2D eigenvalue weighted by molar-refractivity contribution is 5.78. The molecule has 0 fully saturated rings. The second-order valence-corrected chi connectivity index (χ2v) is 7.18. The number of unbranched alkanes of at least 4 members (excludes halogenated alkanes) is 12. The Labute approximate surface area is 150 Å². The number of aliphatic hydroxyl groups is 1. The standard InChI is InChI=1S/C21H42O3/c1-3-4-5-6-7-8-9-10-11-12-13-14-15-16-20(22)17-18-21(23)19-24-2/h21,23H,3-19H2,1-2H3. The maximum atomic E-state index is 11.7. The minimum Gasteiger partial charge on any atom is -0.391 e. The van der Waals surface area contributed by atoms with Crippen molar-refractivity contribution < 1.29 is 14.6 Å². The van der Waals surface area contributed by atoms with Gasteiger partial charge in [-0.3, -0.25) is 4.79 Å². The average molecular weight is 343 g/mol. The van der Waals surface area contributed by atoms with E-state index in [4.69, 9.17) is 4.74 Å². The van der Waals surface area contributed by atoms with Crippen molar-refractivity contribution in [3.05, 3.63) is 0 Å². The molecule has 0 aliphatic heterocycles. The summed E-state index contributed by atoms with van der Waals surface area (Å²) < 4.78 is 4.86. The molecule has 3 nitrogen and oxygen atoms in total. The van der Waals surface area contributed by atoms with Gasteiger partial charge in [-0.2, -0.15) is 0 Å². The molecule has 0 aromatic heterocycles. The van der Waals surface area contributed by atoms with Crippen LogP contribution in [0.25, 0.3) is 0 Å². The third-order valence-corrected chi connectivity index (χ3v) is 4.67. The fourth-order valence-electron chi connectivity index (χ4n) is 3.07. The number of methoxy groups -OCH3 is 1. The highest BCUT2D eigenvalue weighted by Gasteiger charge is 2.07. The van der Waals surface area contributed by atoms with Crippen molar-refractivity contribution in [3.8, 4) is 0 Å². The van der Waals surface area contributed by atoms with Crippen LogP contribution in [0.3, 0.4) is 0 Å². The van der Waals surface area contributed by atoms with Crippen LogP contribution in [0.4, 0.5) is 0 Å². The number of carbonyl (C=O) groups is 1. The van der Waals surface area contributed by atoms with Gasteiger partial charge in [0.25, 0.3) is 0 Å². The Morgan fingerprint density at radius 3 is 1.71 bits per heavy atom. The van der Waals surface area contributed by atoms with Crippen molar-refractivity contribution in [2.24, 2.45) is 0 Å². The summed E-state index contributed by atoms with van der Waals surface area (Å²) in [5, 5.41) is 9.50. The van der Waals surface area contributed by atoms with Gasteiger partial charge in [-0.1, -0.05) is 84.0 Å². The summed E-state index contributed by atoms with van der Waals surface area (Å²) in [7, 11) is 1.57. The maximum Gasteiger partial charge on any atom is 0.133 e. The van der Waals surface area contributed by atoms with Crippen molar-refractivity contribution in [2.45, 2.75) is 116 Å². The van der Waals surface area contributed by atoms with E-state index in [9.17, 15) is 9.90 Å². The third-order valence-electron chi connectivity index (χ3n) is 4.67. The van der Waals surface area contributed by atoms with Crippen molar-refractivity contribution in [3.63, 3.8) is 0 Å². The maximum absolute atomic E-state index is 11.7. The summed E-state index contributed by atoms with van der Waals surface area (Å²) >= 11 is 0. The summed E-state index contributed by atoms with van der Waals surface area (Å²) in [4.78, 5) is 11.7. The Bertz CT molecular complexity index is 266. The van der Waals surface area contributed by atoms with Gasteiger partial charge < -0.3 is 9.84 Å². The highest BCUT2D eigenvalue weighted by Crippen LogP contribution is 2.13. The Balaban J connectivity index is 3.18. The Morgan fingerprint density at radius 1 is 0.792 bits per heavy atom. The van der Waals surface area contributed by atoms with Gasteiger partial charge in [0.05, 0.1) is 12.7 Å². The summed E-state index contributed by atoms with van der Waals surface area (Å²) in [6.45, 7) is 2.59. The molecule has 0 aromatic carbocycles. The van der Waals surface area contributed by atoms with E-state index in [2.05, 4.69) is 6.92 Å². The number of aliphatic hydroxyl groups excluding tert-OH is 1. The molecular weight excluding hydrogens is 300 g/mol. The predicted octanol–water partition coefficient (Wildman–Crippen LogP) is 5.82. The molecule has 1 unspecified atom stereocenters. The van der Waals surface area contributed by atoms with Crippen LogP contribution < -0.4 is 0 Å². The van der Waals surface area contributed by atoms with Gasteiger partial charge in [0.2, 0.25) is 0 Å². The van der Waals surface area contributed by atoms with Crippen LogP contribution in [0, 0.1) is 0 Å². The number of ether oxygens (including phenoxy) is 1. The van der Waals surface area contributed by atoms with Gasteiger partial charge in [-0.05, 0) is 12.8 Å². The molecule has 144 valence electrons. The lowest BCUT2D eigenvalue weighted by molar-refractivity contribution is -0.119. The first-order chi connectivity index (χ1) is 11.7. The SMILES string of the molecule is CCCCCCCCCCCCCCCC(=O)CCC(O)COC. The number of hydrogen-bond donors (Lipinski definition) is 1. The van der Waals surface area contributed by atoms with Gasteiger partial charge in [0.15, 0.2) is 0 Å². The summed E-state index contributed by atoms with van der Waals surface area (Å²) in [6.07, 6.45) is 18.5. The van der Waals surface area contributed by atoms with E-state index in [1.165, 1.54) is 77.0 Å². The first-order valence-corrected chi connectivity index (χ1v) is 10.4. The fraction of sp³-hybridized carbons (Fsp3) is 0.952. The summed E-state index contributed by atoms with van der Waals surface area (Å²) in [5.74, 6) is 0.285. The lowest BCUT2D eigenvalue weighted by Crippen LogP contribution is -2.15. The smallest absolute Gasteiger partial charge is 0.133 e. The van der Waals surface area contributed by atoms with Crippen LogP contribution in [0.1, 0.15) is 110 Å². The number of Topliss-reactive ketones (excluding diaryl/α,β-unsaturated/α-hetero) is 1. The highest BCUT2D eigenvalue weighted by atomic mass is 16.5. The minimum atomic E-state index is -0.495. The molecule has 0 saturated carbocycles. The first-order valence-electron chi connectivity index (χ1n) is 10.4. The lowest BCUT2D eigenvalue weighted by Gasteiger charge is -2.08. The molecule has 1 N–H and O–H groups in total. The Kier molecular flexibility index (Phi) is 18.6. The molecule has 0 aliphatic rings. The van der Waals surface area contributed by atoms with Crippen LogP contribution >= 0.6 is 0 Å². The van der Waals surface area contributed by atoms with E-state index >= 15 is 0 Å². The van der Waals surface area contributed by atoms with Crippen molar-refractivity contribution >= 4 is 5.78 Å². The van der Waals surface area contributed by atoms with Crippen LogP contribution in [-0.2, 0) is 9.53 Å². The molecule has 3 heteroatoms. The van der Waals surface area contributed by atoms with Gasteiger partial charge in [0, 0.05) is 20.0 Å². The van der Waals surface area contributed by atoms with Crippen LogP contribution in [0.5, 0.6) is 0 Å². The van der Waals surface area contributed by atoms with Crippen molar-refractivity contribution in [2.75, 3.05) is 13.7 Å². The Hall–Kier alpha value is -0.410. The number of ketones is 1. The van der Waals surface area contributed by atoms with Gasteiger partial charge >= 0.3 is 0 Å².